The van der Waals surface area contributed by atoms with E-state index in [4.69, 9.17) is 4.42 Å². The molecule has 0 aliphatic heterocycles. The molecule has 24 heavy (non-hydrogen) atoms. The largest absolute Gasteiger partial charge is 0.507 e. The first kappa shape index (κ1) is 15.4. The van der Waals surface area contributed by atoms with Crippen LogP contribution in [0.4, 0.5) is 5.69 Å². The number of nitro groups is 1. The molecule has 0 atom stereocenters. The van der Waals surface area contributed by atoms with Gasteiger partial charge < -0.3 is 9.52 Å². The quantitative estimate of drug-likeness (QED) is 0.449. The number of aliphatic hydroxyl groups excluding tert-OH is 1. The van der Waals surface area contributed by atoms with Crippen molar-refractivity contribution in [1.82, 2.24) is 4.98 Å². The summed E-state index contributed by atoms with van der Waals surface area (Å²) in [7, 11) is 0. The fourth-order valence-electron chi connectivity index (χ4n) is 2.21. The zero-order valence-corrected chi connectivity index (χ0v) is 12.6. The molecule has 0 saturated carbocycles. The molecule has 3 aromatic rings. The van der Waals surface area contributed by atoms with Gasteiger partial charge >= 0.3 is 5.63 Å². The average Bonchev–Trinajstić information content (AvgIpc) is 2.56. The van der Waals surface area contributed by atoms with Gasteiger partial charge in [0, 0.05) is 23.8 Å². The number of nitro benzene ring substituents is 1. The molecular formula is C17H12N2O5. The molecule has 0 unspecified atom stereocenters. The molecule has 1 aromatic heterocycles. The minimum Gasteiger partial charge on any atom is -0.507 e. The van der Waals surface area contributed by atoms with Crippen molar-refractivity contribution in [3.05, 3.63) is 79.8 Å². The lowest BCUT2D eigenvalue weighted by Gasteiger charge is -2.02. The predicted molar refractivity (Wildman–Crippen MR) is 88.6 cm³/mol. The maximum atomic E-state index is 12.0. The van der Waals surface area contributed by atoms with Gasteiger partial charge in [-0.15, -0.1) is 0 Å². The number of hydrogen-bond donors (Lipinski definition) is 1. The summed E-state index contributed by atoms with van der Waals surface area (Å²) in [6.07, 6.45) is 1.13. The minimum absolute atomic E-state index is 0.0860. The summed E-state index contributed by atoms with van der Waals surface area (Å²) in [6, 6.07) is 10.6. The Morgan fingerprint density at radius 3 is 2.83 bits per heavy atom. The van der Waals surface area contributed by atoms with E-state index in [1.807, 2.05) is 6.92 Å². The monoisotopic (exact) mass is 324 g/mol. The first-order chi connectivity index (χ1) is 11.4. The smallest absolute Gasteiger partial charge is 0.362 e. The summed E-state index contributed by atoms with van der Waals surface area (Å²) in [5.41, 5.74) is 1.02. The molecule has 0 aliphatic carbocycles. The number of aromatic nitrogens is 1. The van der Waals surface area contributed by atoms with Crippen LogP contribution in [0.2, 0.25) is 0 Å². The first-order valence-electron chi connectivity index (χ1n) is 7.01. The van der Waals surface area contributed by atoms with Gasteiger partial charge in [-0.2, -0.15) is 0 Å². The van der Waals surface area contributed by atoms with E-state index < -0.39 is 10.5 Å². The van der Waals surface area contributed by atoms with E-state index in [1.54, 1.807) is 18.2 Å². The Labute approximate surface area is 135 Å². The van der Waals surface area contributed by atoms with Crippen LogP contribution >= 0.6 is 0 Å². The zero-order valence-electron chi connectivity index (χ0n) is 12.6. The Balaban J connectivity index is 2.08. The molecule has 7 heteroatoms. The second kappa shape index (κ2) is 5.96. The van der Waals surface area contributed by atoms with Crippen molar-refractivity contribution in [1.29, 1.82) is 0 Å². The molecule has 1 heterocycles. The van der Waals surface area contributed by atoms with E-state index in [0.717, 1.165) is 11.6 Å². The summed E-state index contributed by atoms with van der Waals surface area (Å²) >= 11 is 0. The van der Waals surface area contributed by atoms with Gasteiger partial charge in [-0.05, 0) is 24.6 Å². The Kier molecular flexibility index (Phi) is 3.83. The average molecular weight is 324 g/mol. The molecule has 0 spiro atoms. The number of aryl methyl sites for hydroxylation is 1. The van der Waals surface area contributed by atoms with Crippen LogP contribution in [0.5, 0.6) is 0 Å². The Morgan fingerprint density at radius 2 is 2.08 bits per heavy atom. The maximum Gasteiger partial charge on any atom is 0.362 e. The van der Waals surface area contributed by atoms with Gasteiger partial charge in [0.25, 0.3) is 5.69 Å². The van der Waals surface area contributed by atoms with Crippen LogP contribution in [-0.2, 0) is 0 Å². The van der Waals surface area contributed by atoms with Crippen molar-refractivity contribution in [2.24, 2.45) is 0 Å². The van der Waals surface area contributed by atoms with Gasteiger partial charge in [0.2, 0.25) is 0 Å². The standard InChI is InChI=1S/C17H12N2O5/c1-10-5-6-16-13(7-10)18-14(17(21)24-16)9-15(20)11-3-2-4-12(8-11)19(22)23/h2-9,20H,1H3. The minimum atomic E-state index is -0.705. The van der Waals surface area contributed by atoms with Gasteiger partial charge in [-0.25, -0.2) is 9.78 Å². The lowest BCUT2D eigenvalue weighted by atomic mass is 10.1. The zero-order chi connectivity index (χ0) is 17.3. The second-order valence-electron chi connectivity index (χ2n) is 5.19. The van der Waals surface area contributed by atoms with Gasteiger partial charge in [-0.3, -0.25) is 10.1 Å². The highest BCUT2D eigenvalue weighted by atomic mass is 16.6. The van der Waals surface area contributed by atoms with E-state index in [0.29, 0.717) is 11.1 Å². The van der Waals surface area contributed by atoms with Crippen LogP contribution in [0.15, 0.2) is 51.7 Å². The summed E-state index contributed by atoms with van der Waals surface area (Å²) in [4.78, 5) is 26.4. The fourth-order valence-corrected chi connectivity index (χ4v) is 2.21. The molecule has 3 rings (SSSR count). The number of fused-ring (bicyclic) bond motifs is 1. The van der Waals surface area contributed by atoms with E-state index in [2.05, 4.69) is 4.98 Å². The highest BCUT2D eigenvalue weighted by molar-refractivity contribution is 5.78. The van der Waals surface area contributed by atoms with E-state index in [1.165, 1.54) is 24.3 Å². The number of non-ortho nitro benzene ring substituents is 1. The molecule has 2 aromatic carbocycles. The van der Waals surface area contributed by atoms with Crippen LogP contribution in [0, 0.1) is 17.0 Å². The fraction of sp³-hybridized carbons (Fsp3) is 0.0588. The lowest BCUT2D eigenvalue weighted by molar-refractivity contribution is -0.384. The first-order valence-corrected chi connectivity index (χ1v) is 7.01. The third-order valence-electron chi connectivity index (χ3n) is 3.39. The van der Waals surface area contributed by atoms with Gasteiger partial charge in [0.15, 0.2) is 11.3 Å². The Morgan fingerprint density at radius 1 is 1.29 bits per heavy atom. The van der Waals surface area contributed by atoms with E-state index in [9.17, 15) is 20.0 Å². The molecular weight excluding hydrogens is 312 g/mol. The van der Waals surface area contributed by atoms with Gasteiger partial charge in [-0.1, -0.05) is 18.2 Å². The number of hydrogen-bond acceptors (Lipinski definition) is 6. The highest BCUT2D eigenvalue weighted by Crippen LogP contribution is 2.20. The lowest BCUT2D eigenvalue weighted by Crippen LogP contribution is -2.06. The van der Waals surface area contributed by atoms with Crippen molar-refractivity contribution in [3.8, 4) is 0 Å². The van der Waals surface area contributed by atoms with Crippen LogP contribution in [0.3, 0.4) is 0 Å². The van der Waals surface area contributed by atoms with Crippen molar-refractivity contribution in [3.63, 3.8) is 0 Å². The number of nitrogens with zero attached hydrogens (tertiary/aromatic N) is 2. The van der Waals surface area contributed by atoms with Crippen molar-refractivity contribution >= 4 is 28.6 Å². The maximum absolute atomic E-state index is 12.0. The summed E-state index contributed by atoms with van der Waals surface area (Å²) in [5.74, 6) is -0.314. The van der Waals surface area contributed by atoms with Crippen molar-refractivity contribution in [2.75, 3.05) is 0 Å². The van der Waals surface area contributed by atoms with Gasteiger partial charge in [0.1, 0.15) is 11.3 Å². The summed E-state index contributed by atoms with van der Waals surface area (Å²) in [5, 5.41) is 20.9. The molecule has 7 nitrogen and oxygen atoms in total. The topological polar surface area (TPSA) is 106 Å². The van der Waals surface area contributed by atoms with Crippen molar-refractivity contribution < 1.29 is 14.4 Å². The van der Waals surface area contributed by atoms with Crippen LogP contribution in [0.1, 0.15) is 16.8 Å². The Bertz CT molecular complexity index is 1040. The molecule has 1 N–H and O–H groups in total. The van der Waals surface area contributed by atoms with E-state index >= 15 is 0 Å². The summed E-state index contributed by atoms with van der Waals surface area (Å²) < 4.78 is 5.16. The SMILES string of the molecule is Cc1ccc2oc(=O)c(C=C(O)c3cccc([N+](=O)[O-])c3)nc2c1. The molecule has 0 fully saturated rings. The van der Waals surface area contributed by atoms with Crippen LogP contribution in [0.25, 0.3) is 22.9 Å². The number of benzene rings is 2. The molecule has 0 amide bonds. The molecule has 0 bridgehead atoms. The molecule has 0 aliphatic rings. The molecule has 0 saturated heterocycles. The Hall–Kier alpha value is -3.48. The predicted octanol–water partition coefficient (Wildman–Crippen LogP) is 3.46. The number of rotatable bonds is 3. The summed E-state index contributed by atoms with van der Waals surface area (Å²) in [6.45, 7) is 1.88. The van der Waals surface area contributed by atoms with Crippen LogP contribution < -0.4 is 5.63 Å². The molecule has 120 valence electrons. The number of aliphatic hydroxyl groups is 1. The van der Waals surface area contributed by atoms with Crippen molar-refractivity contribution in [2.45, 2.75) is 6.92 Å². The molecule has 0 radical (unpaired) electrons. The normalized spacial score (nSPS) is 11.6. The van der Waals surface area contributed by atoms with Gasteiger partial charge in [0.05, 0.1) is 4.92 Å². The third kappa shape index (κ3) is 3.00. The highest BCUT2D eigenvalue weighted by Gasteiger charge is 2.11. The van der Waals surface area contributed by atoms with E-state index in [-0.39, 0.29) is 22.7 Å². The third-order valence-corrected chi connectivity index (χ3v) is 3.39. The van der Waals surface area contributed by atoms with Crippen LogP contribution in [-0.4, -0.2) is 15.0 Å². The second-order valence-corrected chi connectivity index (χ2v) is 5.19.